The molecule has 0 bridgehead atoms. The van der Waals surface area contributed by atoms with Gasteiger partial charge in [-0.2, -0.15) is 5.10 Å². The van der Waals surface area contributed by atoms with Crippen LogP contribution in [0.5, 0.6) is 6.01 Å². The summed E-state index contributed by atoms with van der Waals surface area (Å²) in [5.74, 6) is 0. The van der Waals surface area contributed by atoms with Gasteiger partial charge in [-0.25, -0.2) is 23.5 Å². The van der Waals surface area contributed by atoms with Crippen LogP contribution in [0.15, 0.2) is 15.9 Å². The first-order valence-electron chi connectivity index (χ1n) is 6.81. The molecule has 0 aliphatic carbocycles. The molecule has 2 rings (SSSR count). The van der Waals surface area contributed by atoms with Crippen LogP contribution in [0, 0.1) is 0 Å². The highest BCUT2D eigenvalue weighted by atomic mass is 16.5. The predicted octanol–water partition coefficient (Wildman–Crippen LogP) is -0.398. The second-order valence-corrected chi connectivity index (χ2v) is 4.21. The third kappa shape index (κ3) is 3.83. The van der Waals surface area contributed by atoms with Gasteiger partial charge in [0.1, 0.15) is 6.33 Å². The number of aryl methyl sites for hydroxylation is 3. The minimum absolute atomic E-state index is 0.0579. The van der Waals surface area contributed by atoms with Gasteiger partial charge in [-0.05, 0) is 20.8 Å². The molecule has 0 spiro atoms. The van der Waals surface area contributed by atoms with Gasteiger partial charge in [-0.3, -0.25) is 4.57 Å². The van der Waals surface area contributed by atoms with Crippen LogP contribution < -0.4 is 16.1 Å². The second kappa shape index (κ2) is 7.46. The van der Waals surface area contributed by atoms with E-state index in [9.17, 15) is 9.59 Å². The molecule has 0 unspecified atom stereocenters. The Balaban J connectivity index is 0.000000219. The van der Waals surface area contributed by atoms with E-state index in [1.54, 1.807) is 14.1 Å². The van der Waals surface area contributed by atoms with Crippen LogP contribution in [0.1, 0.15) is 20.8 Å². The maximum atomic E-state index is 11.3. The molecular weight excluding hydrogens is 276 g/mol. The lowest BCUT2D eigenvalue weighted by Crippen LogP contribution is -2.22. The molecule has 0 atom stereocenters. The van der Waals surface area contributed by atoms with Crippen LogP contribution in [0.4, 0.5) is 0 Å². The Bertz CT molecular complexity index is 678. The number of ether oxygens (including phenoxy) is 1. The van der Waals surface area contributed by atoms with Gasteiger partial charge >= 0.3 is 17.4 Å². The summed E-state index contributed by atoms with van der Waals surface area (Å²) in [5, 5.41) is 7.76. The number of nitrogens with zero attached hydrogens (tertiary/aromatic N) is 6. The molecule has 118 valence electrons. The van der Waals surface area contributed by atoms with Crippen molar-refractivity contribution < 1.29 is 4.74 Å². The van der Waals surface area contributed by atoms with Crippen LogP contribution in [-0.2, 0) is 27.2 Å². The van der Waals surface area contributed by atoms with Gasteiger partial charge in [-0.15, -0.1) is 5.10 Å². The maximum absolute atomic E-state index is 11.3. The highest BCUT2D eigenvalue weighted by Crippen LogP contribution is 1.99. The first-order chi connectivity index (χ1) is 9.96. The minimum atomic E-state index is -0.138. The summed E-state index contributed by atoms with van der Waals surface area (Å²) in [6.45, 7) is 7.33. The Morgan fingerprint density at radius 1 is 1.05 bits per heavy atom. The third-order valence-electron chi connectivity index (χ3n) is 2.76. The fraction of sp³-hybridized carbons (Fsp3) is 0.667. The van der Waals surface area contributed by atoms with Crippen molar-refractivity contribution in [3.8, 4) is 6.01 Å². The average Bonchev–Trinajstić information content (AvgIpc) is 2.95. The zero-order valence-corrected chi connectivity index (χ0v) is 13.1. The van der Waals surface area contributed by atoms with E-state index in [0.717, 1.165) is 0 Å². The topological polar surface area (TPSA) is 88.9 Å². The van der Waals surface area contributed by atoms with Gasteiger partial charge in [0.25, 0.3) is 0 Å². The SMILES string of the molecule is CCOc1nn(CC)c(=O)n1C.CCn1ncn(C)c1=O. The summed E-state index contributed by atoms with van der Waals surface area (Å²) in [4.78, 5) is 22.1. The van der Waals surface area contributed by atoms with E-state index in [4.69, 9.17) is 4.74 Å². The predicted molar refractivity (Wildman–Crippen MR) is 77.5 cm³/mol. The monoisotopic (exact) mass is 298 g/mol. The first kappa shape index (κ1) is 16.7. The highest BCUT2D eigenvalue weighted by molar-refractivity contribution is 4.92. The van der Waals surface area contributed by atoms with Gasteiger partial charge in [0.15, 0.2) is 0 Å². The van der Waals surface area contributed by atoms with Gasteiger partial charge in [-0.1, -0.05) is 0 Å². The fourth-order valence-electron chi connectivity index (χ4n) is 1.57. The first-order valence-corrected chi connectivity index (χ1v) is 6.81. The van der Waals surface area contributed by atoms with Crippen molar-refractivity contribution >= 4 is 0 Å². The molecule has 21 heavy (non-hydrogen) atoms. The van der Waals surface area contributed by atoms with Crippen LogP contribution in [-0.4, -0.2) is 35.3 Å². The summed E-state index contributed by atoms with van der Waals surface area (Å²) in [5.41, 5.74) is -0.196. The lowest BCUT2D eigenvalue weighted by atomic mass is 10.8. The molecule has 0 aliphatic rings. The third-order valence-corrected chi connectivity index (χ3v) is 2.76. The molecule has 0 aliphatic heterocycles. The lowest BCUT2D eigenvalue weighted by Gasteiger charge is -1.97. The molecule has 9 heteroatoms. The van der Waals surface area contributed by atoms with Gasteiger partial charge in [0.05, 0.1) is 6.61 Å². The molecule has 0 N–H and O–H groups in total. The van der Waals surface area contributed by atoms with Crippen molar-refractivity contribution in [2.24, 2.45) is 14.1 Å². The van der Waals surface area contributed by atoms with Crippen LogP contribution in [0.3, 0.4) is 0 Å². The fourth-order valence-corrected chi connectivity index (χ4v) is 1.57. The molecule has 0 radical (unpaired) electrons. The number of hydrogen-bond acceptors (Lipinski definition) is 5. The van der Waals surface area contributed by atoms with Gasteiger partial charge in [0.2, 0.25) is 0 Å². The van der Waals surface area contributed by atoms with Crippen molar-refractivity contribution in [1.82, 2.24) is 28.7 Å². The Morgan fingerprint density at radius 2 is 1.67 bits per heavy atom. The molecule has 2 aromatic heterocycles. The zero-order chi connectivity index (χ0) is 16.0. The highest BCUT2D eigenvalue weighted by Gasteiger charge is 2.08. The number of hydrogen-bond donors (Lipinski definition) is 0. The van der Waals surface area contributed by atoms with E-state index in [-0.39, 0.29) is 11.4 Å². The quantitative estimate of drug-likeness (QED) is 0.766. The van der Waals surface area contributed by atoms with Crippen molar-refractivity contribution in [2.75, 3.05) is 6.61 Å². The van der Waals surface area contributed by atoms with Crippen molar-refractivity contribution in [2.45, 2.75) is 33.9 Å². The van der Waals surface area contributed by atoms with E-state index in [1.807, 2.05) is 20.8 Å². The average molecular weight is 298 g/mol. The van der Waals surface area contributed by atoms with E-state index < -0.39 is 0 Å². The van der Waals surface area contributed by atoms with Crippen LogP contribution in [0.2, 0.25) is 0 Å². The standard InChI is InChI=1S/C7H13N3O2.C5H9N3O/c1-4-10-7(11)9(3)6(8-10)12-5-2;1-3-8-5(9)7(2)4-6-8/h4-5H2,1-3H3;4H,3H2,1-2H3. The van der Waals surface area contributed by atoms with E-state index in [1.165, 1.54) is 24.8 Å². The molecule has 0 aromatic carbocycles. The largest absolute Gasteiger partial charge is 0.464 e. The molecule has 2 aromatic rings. The van der Waals surface area contributed by atoms with Crippen LogP contribution >= 0.6 is 0 Å². The Morgan fingerprint density at radius 3 is 2.00 bits per heavy atom. The second-order valence-electron chi connectivity index (χ2n) is 4.21. The molecule has 0 amide bonds. The lowest BCUT2D eigenvalue weighted by molar-refractivity contribution is 0.298. The summed E-state index contributed by atoms with van der Waals surface area (Å²) < 4.78 is 10.7. The maximum Gasteiger partial charge on any atom is 0.348 e. The van der Waals surface area contributed by atoms with E-state index in [2.05, 4.69) is 10.2 Å². The van der Waals surface area contributed by atoms with E-state index >= 15 is 0 Å². The van der Waals surface area contributed by atoms with Crippen LogP contribution in [0.25, 0.3) is 0 Å². The van der Waals surface area contributed by atoms with E-state index in [0.29, 0.717) is 25.7 Å². The minimum Gasteiger partial charge on any atom is -0.464 e. The Hall–Kier alpha value is -2.32. The number of rotatable bonds is 4. The molecular formula is C12H22N6O3. The molecule has 0 saturated heterocycles. The smallest absolute Gasteiger partial charge is 0.348 e. The molecule has 0 fully saturated rings. The molecule has 2 heterocycles. The summed E-state index contributed by atoms with van der Waals surface area (Å²) in [6, 6.07) is 0.379. The molecule has 0 saturated carbocycles. The summed E-state index contributed by atoms with van der Waals surface area (Å²) in [6.07, 6.45) is 1.51. The van der Waals surface area contributed by atoms with Gasteiger partial charge < -0.3 is 4.74 Å². The Kier molecular flexibility index (Phi) is 5.94. The summed E-state index contributed by atoms with van der Waals surface area (Å²) >= 11 is 0. The van der Waals surface area contributed by atoms with Crippen molar-refractivity contribution in [3.05, 3.63) is 27.3 Å². The summed E-state index contributed by atoms with van der Waals surface area (Å²) in [7, 11) is 3.33. The number of aromatic nitrogens is 6. The normalized spacial score (nSPS) is 10.1. The van der Waals surface area contributed by atoms with Gasteiger partial charge in [0, 0.05) is 27.2 Å². The Labute approximate surface area is 122 Å². The van der Waals surface area contributed by atoms with Crippen molar-refractivity contribution in [3.63, 3.8) is 0 Å². The molecule has 9 nitrogen and oxygen atoms in total. The zero-order valence-electron chi connectivity index (χ0n) is 13.1. The van der Waals surface area contributed by atoms with Crippen molar-refractivity contribution in [1.29, 1.82) is 0 Å².